The molecular formula is C20H21N5O2. The van der Waals surface area contributed by atoms with Gasteiger partial charge in [0.1, 0.15) is 23.2 Å². The summed E-state index contributed by atoms with van der Waals surface area (Å²) in [5.41, 5.74) is 4.11. The number of anilines is 1. The number of Topliss-reactive ketones (excluding diaryl/α,β-unsaturated/α-hetero) is 1. The van der Waals surface area contributed by atoms with Gasteiger partial charge in [-0.2, -0.15) is 0 Å². The average Bonchev–Trinajstić information content (AvgIpc) is 3.13. The number of aromatic amines is 1. The van der Waals surface area contributed by atoms with Crippen molar-refractivity contribution < 1.29 is 9.53 Å². The van der Waals surface area contributed by atoms with Crippen molar-refractivity contribution in [3.63, 3.8) is 0 Å². The maximum atomic E-state index is 12.8. The first kappa shape index (κ1) is 16.2. The molecule has 0 bridgehead atoms. The van der Waals surface area contributed by atoms with Gasteiger partial charge in [-0.15, -0.1) is 0 Å². The Bertz CT molecular complexity index is 1050. The van der Waals surface area contributed by atoms with Gasteiger partial charge in [-0.1, -0.05) is 0 Å². The standard InChI is InChI=1S/C20H21N5O2/c1-12-7-14-15(26)9-20(27-16(14)8-13(12)2)3-5-25(6-4-20)19-17-18(22-10-21-17)23-11-24-19/h7-8,10-11H,3-6,9H2,1-2H3,(H,21,22,23,24). The van der Waals surface area contributed by atoms with E-state index in [9.17, 15) is 4.79 Å². The number of hydrogen-bond donors (Lipinski definition) is 1. The summed E-state index contributed by atoms with van der Waals surface area (Å²) in [5.74, 6) is 1.79. The minimum atomic E-state index is -0.414. The van der Waals surface area contributed by atoms with E-state index < -0.39 is 5.60 Å². The number of carbonyl (C=O) groups is 1. The van der Waals surface area contributed by atoms with Crippen LogP contribution in [0.5, 0.6) is 5.75 Å². The van der Waals surface area contributed by atoms with Gasteiger partial charge in [-0.25, -0.2) is 15.0 Å². The number of nitrogens with one attached hydrogen (secondary N) is 1. The Kier molecular flexibility index (Phi) is 3.47. The van der Waals surface area contributed by atoms with Crippen LogP contribution in [0.1, 0.15) is 40.7 Å². The van der Waals surface area contributed by atoms with Gasteiger partial charge in [-0.05, 0) is 37.1 Å². The van der Waals surface area contributed by atoms with E-state index >= 15 is 0 Å². The van der Waals surface area contributed by atoms with Crippen molar-refractivity contribution in [1.82, 2.24) is 19.9 Å². The number of imidazole rings is 1. The Morgan fingerprint density at radius 3 is 2.70 bits per heavy atom. The summed E-state index contributed by atoms with van der Waals surface area (Å²) in [5, 5.41) is 0. The number of rotatable bonds is 1. The van der Waals surface area contributed by atoms with E-state index in [1.807, 2.05) is 19.1 Å². The predicted octanol–water partition coefficient (Wildman–Crippen LogP) is 2.97. The highest BCUT2D eigenvalue weighted by Crippen LogP contribution is 2.41. The lowest BCUT2D eigenvalue weighted by atomic mass is 9.82. The molecule has 2 aromatic heterocycles. The van der Waals surface area contributed by atoms with Crippen LogP contribution < -0.4 is 9.64 Å². The molecule has 0 radical (unpaired) electrons. The molecule has 1 aromatic carbocycles. The van der Waals surface area contributed by atoms with Gasteiger partial charge in [0.15, 0.2) is 17.2 Å². The molecule has 7 nitrogen and oxygen atoms in total. The van der Waals surface area contributed by atoms with E-state index in [0.29, 0.717) is 12.1 Å². The second-order valence-electron chi connectivity index (χ2n) is 7.60. The van der Waals surface area contributed by atoms with Crippen molar-refractivity contribution in [1.29, 1.82) is 0 Å². The van der Waals surface area contributed by atoms with Crippen molar-refractivity contribution in [2.45, 2.75) is 38.7 Å². The summed E-state index contributed by atoms with van der Waals surface area (Å²) in [6, 6.07) is 3.97. The van der Waals surface area contributed by atoms with Gasteiger partial charge in [0.2, 0.25) is 0 Å². The summed E-state index contributed by atoms with van der Waals surface area (Å²) in [4.78, 5) is 31.0. The fraction of sp³-hybridized carbons (Fsp3) is 0.400. The Balaban J connectivity index is 1.40. The molecule has 3 aromatic rings. The molecule has 0 unspecified atom stereocenters. The van der Waals surface area contributed by atoms with E-state index in [-0.39, 0.29) is 5.78 Å². The number of hydrogen-bond acceptors (Lipinski definition) is 6. The number of piperidine rings is 1. The van der Waals surface area contributed by atoms with E-state index in [1.54, 1.807) is 12.7 Å². The molecule has 0 amide bonds. The Morgan fingerprint density at radius 2 is 1.89 bits per heavy atom. The molecule has 27 heavy (non-hydrogen) atoms. The molecule has 0 atom stereocenters. The molecule has 2 aliphatic rings. The number of ketones is 1. The van der Waals surface area contributed by atoms with Crippen molar-refractivity contribution in [3.05, 3.63) is 41.5 Å². The summed E-state index contributed by atoms with van der Waals surface area (Å²) >= 11 is 0. The summed E-state index contributed by atoms with van der Waals surface area (Å²) < 4.78 is 6.42. The average molecular weight is 363 g/mol. The monoisotopic (exact) mass is 363 g/mol. The number of benzene rings is 1. The van der Waals surface area contributed by atoms with Crippen LogP contribution in [0, 0.1) is 13.8 Å². The van der Waals surface area contributed by atoms with Gasteiger partial charge in [0, 0.05) is 25.9 Å². The molecule has 1 fully saturated rings. The lowest BCUT2D eigenvalue weighted by Gasteiger charge is -2.44. The number of carbonyl (C=O) groups excluding carboxylic acids is 1. The third kappa shape index (κ3) is 2.57. The van der Waals surface area contributed by atoms with Crippen LogP contribution in [0.2, 0.25) is 0 Å². The van der Waals surface area contributed by atoms with Crippen LogP contribution in [-0.4, -0.2) is 44.4 Å². The molecule has 0 saturated carbocycles. The quantitative estimate of drug-likeness (QED) is 0.716. The van der Waals surface area contributed by atoms with Crippen LogP contribution in [-0.2, 0) is 0 Å². The van der Waals surface area contributed by atoms with Gasteiger partial charge in [0.05, 0.1) is 18.3 Å². The van der Waals surface area contributed by atoms with Crippen LogP contribution in [0.15, 0.2) is 24.8 Å². The number of ether oxygens (including phenoxy) is 1. The zero-order chi connectivity index (χ0) is 18.6. The summed E-state index contributed by atoms with van der Waals surface area (Å²) in [6.45, 7) is 5.64. The van der Waals surface area contributed by atoms with Crippen LogP contribution in [0.3, 0.4) is 0 Å². The zero-order valence-corrected chi connectivity index (χ0v) is 15.5. The lowest BCUT2D eigenvalue weighted by Crippen LogP contribution is -2.51. The van der Waals surface area contributed by atoms with Gasteiger partial charge in [-0.3, -0.25) is 4.79 Å². The number of nitrogens with zero attached hydrogens (tertiary/aromatic N) is 4. The molecular weight excluding hydrogens is 342 g/mol. The van der Waals surface area contributed by atoms with E-state index in [1.165, 1.54) is 0 Å². The molecule has 1 saturated heterocycles. The van der Waals surface area contributed by atoms with Crippen molar-refractivity contribution in [3.8, 4) is 5.75 Å². The molecule has 7 heteroatoms. The highest BCUT2D eigenvalue weighted by molar-refractivity contribution is 6.00. The topological polar surface area (TPSA) is 84.0 Å². The third-order valence-electron chi connectivity index (χ3n) is 5.88. The summed E-state index contributed by atoms with van der Waals surface area (Å²) in [6.07, 6.45) is 5.19. The first-order chi connectivity index (χ1) is 13.0. The minimum absolute atomic E-state index is 0.186. The minimum Gasteiger partial charge on any atom is -0.486 e. The molecule has 2 aliphatic heterocycles. The smallest absolute Gasteiger partial charge is 0.182 e. The maximum absolute atomic E-state index is 12.8. The molecule has 4 heterocycles. The first-order valence-electron chi connectivity index (χ1n) is 9.27. The van der Waals surface area contributed by atoms with Crippen molar-refractivity contribution in [2.24, 2.45) is 0 Å². The fourth-order valence-electron chi connectivity index (χ4n) is 4.15. The zero-order valence-electron chi connectivity index (χ0n) is 15.5. The second-order valence-corrected chi connectivity index (χ2v) is 7.60. The van der Waals surface area contributed by atoms with E-state index in [4.69, 9.17) is 4.74 Å². The van der Waals surface area contributed by atoms with Gasteiger partial charge < -0.3 is 14.6 Å². The van der Waals surface area contributed by atoms with Crippen molar-refractivity contribution >= 4 is 22.8 Å². The normalized spacial score (nSPS) is 18.6. The lowest BCUT2D eigenvalue weighted by molar-refractivity contribution is 0.0231. The number of H-pyrrole nitrogens is 1. The largest absolute Gasteiger partial charge is 0.486 e. The Morgan fingerprint density at radius 1 is 1.11 bits per heavy atom. The number of aryl methyl sites for hydroxylation is 2. The summed E-state index contributed by atoms with van der Waals surface area (Å²) in [7, 11) is 0. The Labute approximate surface area is 156 Å². The van der Waals surface area contributed by atoms with E-state index in [0.717, 1.165) is 59.7 Å². The molecule has 138 valence electrons. The third-order valence-corrected chi connectivity index (χ3v) is 5.88. The molecule has 0 aliphatic carbocycles. The van der Waals surface area contributed by atoms with Gasteiger partial charge in [0.25, 0.3) is 0 Å². The Hall–Kier alpha value is -2.96. The molecule has 1 spiro atoms. The van der Waals surface area contributed by atoms with Crippen molar-refractivity contribution in [2.75, 3.05) is 18.0 Å². The first-order valence-corrected chi connectivity index (χ1v) is 9.27. The van der Waals surface area contributed by atoms with E-state index in [2.05, 4.69) is 31.8 Å². The van der Waals surface area contributed by atoms with Crippen LogP contribution >= 0.6 is 0 Å². The SMILES string of the molecule is Cc1cc2c(cc1C)C(=O)CC1(CCN(c3ncnc4nc[nH]c34)CC1)O2. The fourth-order valence-corrected chi connectivity index (χ4v) is 4.15. The number of aromatic nitrogens is 4. The highest BCUT2D eigenvalue weighted by atomic mass is 16.5. The molecule has 1 N–H and O–H groups in total. The van der Waals surface area contributed by atoms with Crippen LogP contribution in [0.25, 0.3) is 11.2 Å². The number of fused-ring (bicyclic) bond motifs is 2. The highest BCUT2D eigenvalue weighted by Gasteiger charge is 2.43. The molecule has 5 rings (SSSR count). The van der Waals surface area contributed by atoms with Crippen LogP contribution in [0.4, 0.5) is 5.82 Å². The second kappa shape index (κ2) is 5.77. The maximum Gasteiger partial charge on any atom is 0.182 e. The van der Waals surface area contributed by atoms with Gasteiger partial charge >= 0.3 is 0 Å². The predicted molar refractivity (Wildman–Crippen MR) is 101 cm³/mol.